The van der Waals surface area contributed by atoms with Gasteiger partial charge in [0.05, 0.1) is 19.8 Å². The van der Waals surface area contributed by atoms with Crippen LogP contribution >= 0.6 is 0 Å². The summed E-state index contributed by atoms with van der Waals surface area (Å²) < 4.78 is 11.2. The number of piperidine rings is 1. The molecule has 1 fully saturated rings. The lowest BCUT2D eigenvalue weighted by Crippen LogP contribution is -2.42. The molecular formula is C22H28N4O2. The van der Waals surface area contributed by atoms with Crippen LogP contribution in [0.15, 0.2) is 42.6 Å². The van der Waals surface area contributed by atoms with E-state index in [2.05, 4.69) is 33.4 Å². The predicted octanol–water partition coefficient (Wildman–Crippen LogP) is 3.53. The number of benzene rings is 1. The molecular weight excluding hydrogens is 352 g/mol. The maximum atomic E-state index is 8.64. The van der Waals surface area contributed by atoms with Crippen LogP contribution in [0, 0.1) is 11.3 Å². The molecule has 2 heterocycles. The van der Waals surface area contributed by atoms with Crippen molar-refractivity contribution in [3.63, 3.8) is 0 Å². The molecule has 1 aromatic carbocycles. The standard InChI is InChI=1S/C22H28N4O2/c1-27-20-8-7-18(16-21(20)28-15-5-3-11-23)17-25-19-9-13-26(14-10-19)22-6-2-4-12-24-22/h2,4,6-8,12,16,19,25H,3,5,9-10,13-15,17H2,1H3. The summed E-state index contributed by atoms with van der Waals surface area (Å²) in [4.78, 5) is 6.79. The number of pyridine rings is 1. The molecule has 0 radical (unpaired) electrons. The van der Waals surface area contributed by atoms with E-state index in [4.69, 9.17) is 14.7 Å². The number of hydrogen-bond donors (Lipinski definition) is 1. The van der Waals surface area contributed by atoms with Crippen LogP contribution in [-0.4, -0.2) is 37.8 Å². The first-order chi connectivity index (χ1) is 13.8. The highest BCUT2D eigenvalue weighted by Crippen LogP contribution is 2.28. The number of methoxy groups -OCH3 is 1. The maximum absolute atomic E-state index is 8.64. The van der Waals surface area contributed by atoms with E-state index in [1.807, 2.05) is 30.5 Å². The topological polar surface area (TPSA) is 70.4 Å². The summed E-state index contributed by atoms with van der Waals surface area (Å²) in [5.74, 6) is 2.53. The molecule has 0 amide bonds. The van der Waals surface area contributed by atoms with Gasteiger partial charge < -0.3 is 19.7 Å². The van der Waals surface area contributed by atoms with Gasteiger partial charge in [-0.25, -0.2) is 4.98 Å². The van der Waals surface area contributed by atoms with Gasteiger partial charge >= 0.3 is 0 Å². The van der Waals surface area contributed by atoms with Gasteiger partial charge in [0.2, 0.25) is 0 Å². The molecule has 3 rings (SSSR count). The largest absolute Gasteiger partial charge is 0.493 e. The number of aromatic nitrogens is 1. The number of ether oxygens (including phenoxy) is 2. The Morgan fingerprint density at radius 1 is 1.21 bits per heavy atom. The van der Waals surface area contributed by atoms with Crippen molar-refractivity contribution in [2.45, 2.75) is 38.3 Å². The minimum absolute atomic E-state index is 0.501. The van der Waals surface area contributed by atoms with Gasteiger partial charge in [-0.05, 0) is 49.1 Å². The van der Waals surface area contributed by atoms with E-state index < -0.39 is 0 Å². The van der Waals surface area contributed by atoms with Crippen molar-refractivity contribution in [3.8, 4) is 17.6 Å². The van der Waals surface area contributed by atoms with E-state index in [-0.39, 0.29) is 0 Å². The number of nitrogens with zero attached hydrogens (tertiary/aromatic N) is 3. The summed E-state index contributed by atoms with van der Waals surface area (Å²) in [6.45, 7) is 3.36. The van der Waals surface area contributed by atoms with Gasteiger partial charge in [0.1, 0.15) is 5.82 Å². The third-order valence-electron chi connectivity index (χ3n) is 4.98. The van der Waals surface area contributed by atoms with Crippen molar-refractivity contribution < 1.29 is 9.47 Å². The number of anilines is 1. The molecule has 0 unspecified atom stereocenters. The Kier molecular flexibility index (Phi) is 7.51. The van der Waals surface area contributed by atoms with Crippen LogP contribution in [0.5, 0.6) is 11.5 Å². The fourth-order valence-electron chi connectivity index (χ4n) is 3.39. The SMILES string of the molecule is COc1ccc(CNC2CCN(c3ccccn3)CC2)cc1OCCCC#N. The van der Waals surface area contributed by atoms with Gasteiger partial charge in [0.15, 0.2) is 11.5 Å². The number of rotatable bonds is 9. The maximum Gasteiger partial charge on any atom is 0.161 e. The molecule has 28 heavy (non-hydrogen) atoms. The first-order valence-corrected chi connectivity index (χ1v) is 9.86. The Bertz CT molecular complexity index is 768. The van der Waals surface area contributed by atoms with E-state index in [0.717, 1.165) is 56.2 Å². The molecule has 6 heteroatoms. The molecule has 0 spiro atoms. The van der Waals surface area contributed by atoms with Gasteiger partial charge in [-0.15, -0.1) is 0 Å². The average molecular weight is 380 g/mol. The Morgan fingerprint density at radius 2 is 2.07 bits per heavy atom. The highest BCUT2D eigenvalue weighted by molar-refractivity contribution is 5.43. The summed E-state index contributed by atoms with van der Waals surface area (Å²) in [6.07, 6.45) is 5.27. The van der Waals surface area contributed by atoms with Crippen molar-refractivity contribution in [1.82, 2.24) is 10.3 Å². The molecule has 0 aliphatic carbocycles. The van der Waals surface area contributed by atoms with Crippen LogP contribution in [0.2, 0.25) is 0 Å². The quantitative estimate of drug-likeness (QED) is 0.671. The highest BCUT2D eigenvalue weighted by Gasteiger charge is 2.19. The minimum atomic E-state index is 0.501. The van der Waals surface area contributed by atoms with Crippen LogP contribution in [-0.2, 0) is 6.54 Å². The minimum Gasteiger partial charge on any atom is -0.493 e. The van der Waals surface area contributed by atoms with Gasteiger partial charge in [-0.1, -0.05) is 12.1 Å². The van der Waals surface area contributed by atoms with Crippen molar-refractivity contribution in [3.05, 3.63) is 48.2 Å². The second-order valence-electron chi connectivity index (χ2n) is 6.93. The molecule has 0 saturated carbocycles. The normalized spacial score (nSPS) is 14.5. The molecule has 1 saturated heterocycles. The average Bonchev–Trinajstić information content (AvgIpc) is 2.76. The Labute approximate surface area is 167 Å². The van der Waals surface area contributed by atoms with E-state index in [9.17, 15) is 0 Å². The lowest BCUT2D eigenvalue weighted by molar-refractivity contribution is 0.290. The van der Waals surface area contributed by atoms with Crippen LogP contribution in [0.3, 0.4) is 0 Å². The summed E-state index contributed by atoms with van der Waals surface area (Å²) in [6, 6.07) is 14.7. The molecule has 1 aliphatic rings. The predicted molar refractivity (Wildman–Crippen MR) is 110 cm³/mol. The fourth-order valence-corrected chi connectivity index (χ4v) is 3.39. The van der Waals surface area contributed by atoms with Crippen LogP contribution in [0.4, 0.5) is 5.82 Å². The van der Waals surface area contributed by atoms with Crippen LogP contribution < -0.4 is 19.7 Å². The van der Waals surface area contributed by atoms with Crippen molar-refractivity contribution in [2.75, 3.05) is 31.7 Å². The Morgan fingerprint density at radius 3 is 2.79 bits per heavy atom. The van der Waals surface area contributed by atoms with Crippen molar-refractivity contribution >= 4 is 5.82 Å². The molecule has 0 atom stereocenters. The molecule has 6 nitrogen and oxygen atoms in total. The third-order valence-corrected chi connectivity index (χ3v) is 4.98. The number of nitrogens with one attached hydrogen (secondary N) is 1. The number of unbranched alkanes of at least 4 members (excludes halogenated alkanes) is 1. The zero-order chi connectivity index (χ0) is 19.6. The lowest BCUT2D eigenvalue weighted by Gasteiger charge is -2.33. The van der Waals surface area contributed by atoms with Gasteiger partial charge in [-0.3, -0.25) is 0 Å². The number of hydrogen-bond acceptors (Lipinski definition) is 6. The summed E-state index contributed by atoms with van der Waals surface area (Å²) in [7, 11) is 1.64. The molecule has 1 aliphatic heterocycles. The van der Waals surface area contributed by atoms with E-state index in [1.165, 1.54) is 5.56 Å². The van der Waals surface area contributed by atoms with Gasteiger partial charge in [0.25, 0.3) is 0 Å². The second kappa shape index (κ2) is 10.5. The first-order valence-electron chi connectivity index (χ1n) is 9.86. The van der Waals surface area contributed by atoms with E-state index >= 15 is 0 Å². The Hall–Kier alpha value is -2.78. The molecule has 1 aromatic heterocycles. The van der Waals surface area contributed by atoms with Gasteiger partial charge in [0, 0.05) is 38.3 Å². The molecule has 1 N–H and O–H groups in total. The zero-order valence-electron chi connectivity index (χ0n) is 16.4. The van der Waals surface area contributed by atoms with Crippen LogP contribution in [0.25, 0.3) is 0 Å². The van der Waals surface area contributed by atoms with Crippen LogP contribution in [0.1, 0.15) is 31.2 Å². The lowest BCUT2D eigenvalue weighted by atomic mass is 10.0. The van der Waals surface area contributed by atoms with E-state index in [0.29, 0.717) is 19.1 Å². The molecule has 2 aromatic rings. The molecule has 0 bridgehead atoms. The smallest absolute Gasteiger partial charge is 0.161 e. The van der Waals surface area contributed by atoms with E-state index in [1.54, 1.807) is 7.11 Å². The van der Waals surface area contributed by atoms with Crippen molar-refractivity contribution in [1.29, 1.82) is 5.26 Å². The summed E-state index contributed by atoms with van der Waals surface area (Å²) in [5, 5.41) is 12.3. The van der Waals surface area contributed by atoms with Crippen molar-refractivity contribution in [2.24, 2.45) is 0 Å². The summed E-state index contributed by atoms with van der Waals surface area (Å²) in [5.41, 5.74) is 1.17. The third kappa shape index (κ3) is 5.61. The zero-order valence-corrected chi connectivity index (χ0v) is 16.4. The monoisotopic (exact) mass is 380 g/mol. The highest BCUT2D eigenvalue weighted by atomic mass is 16.5. The Balaban J connectivity index is 1.48. The number of nitriles is 1. The first kappa shape index (κ1) is 20.0. The fraction of sp³-hybridized carbons (Fsp3) is 0.455. The van der Waals surface area contributed by atoms with Gasteiger partial charge in [-0.2, -0.15) is 5.26 Å². The summed E-state index contributed by atoms with van der Waals surface area (Å²) >= 11 is 0. The molecule has 148 valence electrons. The second-order valence-corrected chi connectivity index (χ2v) is 6.93.